The number of carbonyl (C=O) groups excluding carboxylic acids is 2. The van der Waals surface area contributed by atoms with Crippen LogP contribution in [0.4, 0.5) is 0 Å². The zero-order chi connectivity index (χ0) is 18.7. The molecule has 1 aromatic rings. The molecule has 142 valence electrons. The molecule has 5 heteroatoms. The fraction of sp³-hybridized carbons (Fsp3) is 0.619. The van der Waals surface area contributed by atoms with Crippen LogP contribution in [0.15, 0.2) is 24.3 Å². The number of benzene rings is 1. The summed E-state index contributed by atoms with van der Waals surface area (Å²) in [5.41, 5.74) is 1.08. The first-order valence-corrected chi connectivity index (χ1v) is 9.72. The Kier molecular flexibility index (Phi) is 5.84. The molecule has 3 rings (SSSR count). The van der Waals surface area contributed by atoms with Crippen molar-refractivity contribution in [2.24, 2.45) is 11.8 Å². The lowest BCUT2D eigenvalue weighted by molar-refractivity contribution is -0.136. The molecule has 1 saturated carbocycles. The lowest BCUT2D eigenvalue weighted by Crippen LogP contribution is -2.37. The Bertz CT molecular complexity index is 654. The van der Waals surface area contributed by atoms with Gasteiger partial charge in [0.15, 0.2) is 0 Å². The summed E-state index contributed by atoms with van der Waals surface area (Å²) in [6.07, 6.45) is 4.27. The van der Waals surface area contributed by atoms with Gasteiger partial charge in [0, 0.05) is 38.5 Å². The van der Waals surface area contributed by atoms with E-state index in [-0.39, 0.29) is 29.6 Å². The number of nitrogens with zero attached hydrogens (tertiary/aromatic N) is 2. The van der Waals surface area contributed by atoms with E-state index in [1.807, 2.05) is 43.1 Å². The fourth-order valence-corrected chi connectivity index (χ4v) is 4.31. The van der Waals surface area contributed by atoms with E-state index in [9.17, 15) is 9.59 Å². The minimum atomic E-state index is -0.183. The van der Waals surface area contributed by atoms with Crippen molar-refractivity contribution in [3.8, 4) is 5.75 Å². The monoisotopic (exact) mass is 358 g/mol. The van der Waals surface area contributed by atoms with Crippen LogP contribution in [0, 0.1) is 11.8 Å². The second-order valence-corrected chi connectivity index (χ2v) is 7.57. The molecule has 0 bridgehead atoms. The molecule has 2 fully saturated rings. The highest BCUT2D eigenvalue weighted by Crippen LogP contribution is 2.37. The number of ether oxygens (including phenoxy) is 1. The summed E-state index contributed by atoms with van der Waals surface area (Å²) >= 11 is 0. The van der Waals surface area contributed by atoms with Crippen LogP contribution in [0.2, 0.25) is 0 Å². The van der Waals surface area contributed by atoms with Gasteiger partial charge >= 0.3 is 0 Å². The molecule has 1 aliphatic carbocycles. The van der Waals surface area contributed by atoms with Crippen LogP contribution in [0.5, 0.6) is 5.75 Å². The lowest BCUT2D eigenvalue weighted by Gasteiger charge is -2.23. The molecule has 2 aliphatic rings. The molecule has 2 amide bonds. The number of hydrogen-bond acceptors (Lipinski definition) is 3. The van der Waals surface area contributed by atoms with Crippen LogP contribution >= 0.6 is 0 Å². The summed E-state index contributed by atoms with van der Waals surface area (Å²) in [6, 6.07) is 7.92. The molecule has 0 aromatic heterocycles. The third-order valence-electron chi connectivity index (χ3n) is 6.03. The van der Waals surface area contributed by atoms with E-state index in [2.05, 4.69) is 0 Å². The predicted molar refractivity (Wildman–Crippen MR) is 101 cm³/mol. The maximum absolute atomic E-state index is 13.0. The van der Waals surface area contributed by atoms with Crippen LogP contribution in [-0.4, -0.2) is 55.4 Å². The maximum Gasteiger partial charge on any atom is 0.227 e. The van der Waals surface area contributed by atoms with E-state index in [1.165, 1.54) is 0 Å². The van der Waals surface area contributed by atoms with E-state index in [4.69, 9.17) is 4.74 Å². The average molecular weight is 358 g/mol. The first kappa shape index (κ1) is 18.7. The van der Waals surface area contributed by atoms with E-state index in [0.29, 0.717) is 19.6 Å². The van der Waals surface area contributed by atoms with Crippen molar-refractivity contribution in [1.82, 2.24) is 9.80 Å². The summed E-state index contributed by atoms with van der Waals surface area (Å²) in [6.45, 7) is 3.81. The minimum absolute atomic E-state index is 0.0250. The van der Waals surface area contributed by atoms with E-state index in [1.54, 1.807) is 12.0 Å². The van der Waals surface area contributed by atoms with Gasteiger partial charge in [-0.2, -0.15) is 0 Å². The molecule has 1 aromatic carbocycles. The topological polar surface area (TPSA) is 49.9 Å². The maximum atomic E-state index is 13.0. The molecule has 26 heavy (non-hydrogen) atoms. The van der Waals surface area contributed by atoms with Gasteiger partial charge in [0.2, 0.25) is 11.8 Å². The van der Waals surface area contributed by atoms with Crippen molar-refractivity contribution in [3.05, 3.63) is 29.8 Å². The number of amides is 2. The smallest absolute Gasteiger partial charge is 0.227 e. The lowest BCUT2D eigenvalue weighted by atomic mass is 9.88. The Labute approximate surface area is 156 Å². The molecular weight excluding hydrogens is 328 g/mol. The summed E-state index contributed by atoms with van der Waals surface area (Å²) in [5, 5.41) is 0. The highest BCUT2D eigenvalue weighted by Gasteiger charge is 2.42. The molecule has 0 N–H and O–H groups in total. The quantitative estimate of drug-likeness (QED) is 0.813. The highest BCUT2D eigenvalue weighted by molar-refractivity contribution is 5.84. The van der Waals surface area contributed by atoms with Crippen LogP contribution in [0.25, 0.3) is 0 Å². The first-order chi connectivity index (χ1) is 12.5. The Morgan fingerprint density at radius 2 is 1.96 bits per heavy atom. The van der Waals surface area contributed by atoms with Crippen LogP contribution < -0.4 is 4.74 Å². The Balaban J connectivity index is 1.85. The molecule has 0 radical (unpaired) electrons. The summed E-state index contributed by atoms with van der Waals surface area (Å²) in [7, 11) is 3.49. The van der Waals surface area contributed by atoms with Crippen LogP contribution in [0.1, 0.15) is 44.1 Å². The zero-order valence-electron chi connectivity index (χ0n) is 16.1. The minimum Gasteiger partial charge on any atom is -0.497 e. The van der Waals surface area contributed by atoms with Crippen molar-refractivity contribution in [1.29, 1.82) is 0 Å². The summed E-state index contributed by atoms with van der Waals surface area (Å²) < 4.78 is 5.36. The molecule has 5 nitrogen and oxygen atoms in total. The van der Waals surface area contributed by atoms with Gasteiger partial charge in [0.05, 0.1) is 13.0 Å². The third kappa shape index (κ3) is 3.71. The van der Waals surface area contributed by atoms with Crippen molar-refractivity contribution in [2.45, 2.75) is 38.5 Å². The number of rotatable bonds is 5. The van der Waals surface area contributed by atoms with E-state index in [0.717, 1.165) is 37.0 Å². The van der Waals surface area contributed by atoms with Crippen molar-refractivity contribution < 1.29 is 14.3 Å². The predicted octanol–water partition coefficient (Wildman–Crippen LogP) is 2.91. The average Bonchev–Trinajstić information content (AvgIpc) is 3.36. The summed E-state index contributed by atoms with van der Waals surface area (Å²) in [5.74, 6) is 1.15. The van der Waals surface area contributed by atoms with Gasteiger partial charge in [-0.15, -0.1) is 0 Å². The number of methoxy groups -OCH3 is 1. The highest BCUT2D eigenvalue weighted by atomic mass is 16.5. The number of likely N-dealkylation sites (tertiary alicyclic amines) is 1. The molecule has 2 atom stereocenters. The van der Waals surface area contributed by atoms with Crippen LogP contribution in [-0.2, 0) is 9.59 Å². The first-order valence-electron chi connectivity index (χ1n) is 9.72. The van der Waals surface area contributed by atoms with E-state index < -0.39 is 0 Å². The SMILES string of the molecule is CCN(C)C(=O)C1CN(C(=O)C2CCCC2)CC1c1cccc(OC)c1. The van der Waals surface area contributed by atoms with Gasteiger partial charge in [-0.05, 0) is 37.5 Å². The van der Waals surface area contributed by atoms with Gasteiger partial charge < -0.3 is 14.5 Å². The third-order valence-corrected chi connectivity index (χ3v) is 6.03. The number of hydrogen-bond donors (Lipinski definition) is 0. The van der Waals surface area contributed by atoms with Crippen molar-refractivity contribution >= 4 is 11.8 Å². The molecular formula is C21H30N2O3. The van der Waals surface area contributed by atoms with Crippen molar-refractivity contribution in [3.63, 3.8) is 0 Å². The largest absolute Gasteiger partial charge is 0.497 e. The molecule has 1 saturated heterocycles. The fourth-order valence-electron chi connectivity index (χ4n) is 4.31. The zero-order valence-corrected chi connectivity index (χ0v) is 16.1. The Morgan fingerprint density at radius 3 is 2.62 bits per heavy atom. The van der Waals surface area contributed by atoms with E-state index >= 15 is 0 Å². The Hall–Kier alpha value is -2.04. The summed E-state index contributed by atoms with van der Waals surface area (Å²) in [4.78, 5) is 29.6. The second-order valence-electron chi connectivity index (χ2n) is 7.57. The van der Waals surface area contributed by atoms with Crippen molar-refractivity contribution in [2.75, 3.05) is 33.8 Å². The second kappa shape index (κ2) is 8.11. The Morgan fingerprint density at radius 1 is 1.23 bits per heavy atom. The van der Waals surface area contributed by atoms with Gasteiger partial charge in [0.1, 0.15) is 5.75 Å². The molecule has 1 aliphatic heterocycles. The van der Waals surface area contributed by atoms with Gasteiger partial charge in [-0.1, -0.05) is 25.0 Å². The van der Waals surface area contributed by atoms with Gasteiger partial charge in [-0.25, -0.2) is 0 Å². The van der Waals surface area contributed by atoms with Crippen LogP contribution in [0.3, 0.4) is 0 Å². The normalized spacial score (nSPS) is 23.3. The number of carbonyl (C=O) groups is 2. The molecule has 2 unspecified atom stereocenters. The molecule has 1 heterocycles. The molecule has 0 spiro atoms. The standard InChI is InChI=1S/C21H30N2O3/c1-4-22(2)21(25)19-14-23(20(24)15-8-5-6-9-15)13-18(19)16-10-7-11-17(12-16)26-3/h7,10-12,15,18-19H,4-6,8-9,13-14H2,1-3H3. The van der Waals surface area contributed by atoms with Gasteiger partial charge in [0.25, 0.3) is 0 Å². The van der Waals surface area contributed by atoms with Gasteiger partial charge in [-0.3, -0.25) is 9.59 Å².